The Bertz CT molecular complexity index is 245. The van der Waals surface area contributed by atoms with Gasteiger partial charge in [0, 0.05) is 19.7 Å². The molecule has 16 heavy (non-hydrogen) atoms. The predicted octanol–water partition coefficient (Wildman–Crippen LogP) is 0.311. The van der Waals surface area contributed by atoms with Crippen LogP contribution in [0.2, 0.25) is 0 Å². The molecular formula is C12H22N2O2. The highest BCUT2D eigenvalue weighted by atomic mass is 16.3. The van der Waals surface area contributed by atoms with Crippen LogP contribution in [0.15, 0.2) is 0 Å². The van der Waals surface area contributed by atoms with Crippen molar-refractivity contribution in [1.29, 1.82) is 0 Å². The van der Waals surface area contributed by atoms with Crippen LogP contribution in [0.4, 0.5) is 0 Å². The van der Waals surface area contributed by atoms with E-state index < -0.39 is 0 Å². The summed E-state index contributed by atoms with van der Waals surface area (Å²) in [5.41, 5.74) is 0. The van der Waals surface area contributed by atoms with Crippen molar-refractivity contribution in [2.45, 2.75) is 31.7 Å². The molecule has 4 heteroatoms. The van der Waals surface area contributed by atoms with Crippen LogP contribution in [0.1, 0.15) is 25.7 Å². The van der Waals surface area contributed by atoms with E-state index >= 15 is 0 Å². The van der Waals surface area contributed by atoms with E-state index in [-0.39, 0.29) is 5.91 Å². The van der Waals surface area contributed by atoms with Gasteiger partial charge in [-0.05, 0) is 44.7 Å². The summed E-state index contributed by atoms with van der Waals surface area (Å²) in [6.07, 6.45) is 4.40. The Morgan fingerprint density at radius 3 is 2.44 bits per heavy atom. The van der Waals surface area contributed by atoms with Crippen molar-refractivity contribution in [3.05, 3.63) is 0 Å². The van der Waals surface area contributed by atoms with E-state index in [0.29, 0.717) is 25.1 Å². The van der Waals surface area contributed by atoms with Crippen molar-refractivity contribution in [2.24, 2.45) is 5.92 Å². The minimum atomic E-state index is 0.255. The van der Waals surface area contributed by atoms with Gasteiger partial charge >= 0.3 is 0 Å². The molecule has 1 aliphatic heterocycles. The molecule has 92 valence electrons. The lowest BCUT2D eigenvalue weighted by Crippen LogP contribution is -2.43. The number of hydrogen-bond acceptors (Lipinski definition) is 3. The average molecular weight is 226 g/mol. The number of likely N-dealkylation sites (tertiary alicyclic amines) is 1. The second kappa shape index (κ2) is 5.15. The van der Waals surface area contributed by atoms with Crippen LogP contribution >= 0.6 is 0 Å². The number of hydrogen-bond donors (Lipinski definition) is 1. The van der Waals surface area contributed by atoms with E-state index in [4.69, 9.17) is 5.11 Å². The molecule has 0 atom stereocenters. The van der Waals surface area contributed by atoms with Crippen molar-refractivity contribution in [3.63, 3.8) is 0 Å². The molecule has 0 unspecified atom stereocenters. The summed E-state index contributed by atoms with van der Waals surface area (Å²) < 4.78 is 0. The Hall–Kier alpha value is -0.610. The van der Waals surface area contributed by atoms with Crippen molar-refractivity contribution in [1.82, 2.24) is 9.80 Å². The van der Waals surface area contributed by atoms with E-state index in [1.807, 2.05) is 11.9 Å². The molecule has 0 spiro atoms. The number of carbonyl (C=O) groups is 1. The summed E-state index contributed by atoms with van der Waals surface area (Å²) in [6.45, 7) is 2.76. The zero-order valence-corrected chi connectivity index (χ0v) is 10.1. The molecule has 4 nitrogen and oxygen atoms in total. The fraction of sp³-hybridized carbons (Fsp3) is 0.917. The van der Waals surface area contributed by atoms with Crippen LogP contribution in [0.3, 0.4) is 0 Å². The average Bonchev–Trinajstić information content (AvgIpc) is 3.13. The van der Waals surface area contributed by atoms with Gasteiger partial charge in [-0.2, -0.15) is 0 Å². The third kappa shape index (κ3) is 2.95. The summed E-state index contributed by atoms with van der Waals surface area (Å²) in [7, 11) is 1.92. The maximum absolute atomic E-state index is 11.9. The van der Waals surface area contributed by atoms with Gasteiger partial charge in [0.2, 0.25) is 5.91 Å². The lowest BCUT2D eigenvalue weighted by atomic mass is 9.98. The Kier molecular flexibility index (Phi) is 3.82. The van der Waals surface area contributed by atoms with E-state index in [2.05, 4.69) is 4.90 Å². The molecule has 2 aliphatic rings. The van der Waals surface area contributed by atoms with Crippen LogP contribution in [0.5, 0.6) is 0 Å². The number of likely N-dealkylation sites (N-methyl/N-ethyl adjacent to an activating group) is 1. The molecular weight excluding hydrogens is 204 g/mol. The number of amides is 1. The van der Waals surface area contributed by atoms with Gasteiger partial charge in [0.15, 0.2) is 0 Å². The molecule has 0 aromatic carbocycles. The first-order valence-corrected chi connectivity index (χ1v) is 6.29. The summed E-state index contributed by atoms with van der Waals surface area (Å²) in [5.74, 6) is 0.706. The summed E-state index contributed by atoms with van der Waals surface area (Å²) in [6, 6.07) is 0.516. The van der Waals surface area contributed by atoms with Gasteiger partial charge in [-0.1, -0.05) is 0 Å². The van der Waals surface area contributed by atoms with Crippen molar-refractivity contribution >= 4 is 5.91 Å². The number of piperidine rings is 1. The van der Waals surface area contributed by atoms with Gasteiger partial charge in [0.25, 0.3) is 0 Å². The first-order valence-electron chi connectivity index (χ1n) is 6.29. The maximum atomic E-state index is 11.9. The van der Waals surface area contributed by atoms with Gasteiger partial charge < -0.3 is 10.0 Å². The Morgan fingerprint density at radius 1 is 1.31 bits per heavy atom. The topological polar surface area (TPSA) is 43.8 Å². The molecule has 1 amide bonds. The molecule has 0 radical (unpaired) electrons. The number of aliphatic hydroxyl groups is 1. The molecule has 2 fully saturated rings. The number of carbonyl (C=O) groups excluding carboxylic acids is 1. The maximum Gasteiger partial charge on any atom is 0.236 e. The lowest BCUT2D eigenvalue weighted by Gasteiger charge is -2.31. The largest absolute Gasteiger partial charge is 0.396 e. The Morgan fingerprint density at radius 2 is 1.94 bits per heavy atom. The Balaban J connectivity index is 1.71. The monoisotopic (exact) mass is 226 g/mol. The third-order valence-electron chi connectivity index (χ3n) is 3.81. The zero-order valence-electron chi connectivity index (χ0n) is 10.1. The second-order valence-corrected chi connectivity index (χ2v) is 5.14. The van der Waals surface area contributed by atoms with Gasteiger partial charge in [0.05, 0.1) is 6.54 Å². The van der Waals surface area contributed by atoms with Crippen molar-refractivity contribution in [2.75, 3.05) is 33.3 Å². The van der Waals surface area contributed by atoms with Crippen LogP contribution < -0.4 is 0 Å². The van der Waals surface area contributed by atoms with Gasteiger partial charge in [-0.3, -0.25) is 9.69 Å². The highest BCUT2D eigenvalue weighted by Gasteiger charge is 2.30. The molecule has 1 aliphatic carbocycles. The molecule has 1 heterocycles. The number of rotatable bonds is 4. The zero-order chi connectivity index (χ0) is 11.5. The predicted molar refractivity (Wildman–Crippen MR) is 62.0 cm³/mol. The molecule has 0 aromatic rings. The van der Waals surface area contributed by atoms with Gasteiger partial charge in [-0.15, -0.1) is 0 Å². The van der Waals surface area contributed by atoms with E-state index in [9.17, 15) is 4.79 Å². The minimum Gasteiger partial charge on any atom is -0.396 e. The lowest BCUT2D eigenvalue weighted by molar-refractivity contribution is -0.132. The van der Waals surface area contributed by atoms with Gasteiger partial charge in [-0.25, -0.2) is 0 Å². The Labute approximate surface area is 97.2 Å². The van der Waals surface area contributed by atoms with Crippen LogP contribution in [0, 0.1) is 5.92 Å². The molecule has 0 bridgehead atoms. The quantitative estimate of drug-likeness (QED) is 0.750. The van der Waals surface area contributed by atoms with E-state index in [0.717, 1.165) is 25.9 Å². The summed E-state index contributed by atoms with van der Waals surface area (Å²) in [5, 5.41) is 9.03. The SMILES string of the molecule is CN(C(=O)CN1CCC(CO)CC1)C1CC1. The first-order chi connectivity index (χ1) is 7.70. The molecule has 1 saturated heterocycles. The van der Waals surface area contributed by atoms with E-state index in [1.165, 1.54) is 12.8 Å². The highest BCUT2D eigenvalue weighted by molar-refractivity contribution is 5.78. The van der Waals surface area contributed by atoms with Crippen molar-refractivity contribution in [3.8, 4) is 0 Å². The smallest absolute Gasteiger partial charge is 0.236 e. The third-order valence-corrected chi connectivity index (χ3v) is 3.81. The van der Waals surface area contributed by atoms with Crippen LogP contribution in [-0.2, 0) is 4.79 Å². The molecule has 1 saturated carbocycles. The number of nitrogens with zero attached hydrogens (tertiary/aromatic N) is 2. The van der Waals surface area contributed by atoms with Gasteiger partial charge in [0.1, 0.15) is 0 Å². The molecule has 2 rings (SSSR count). The van der Waals surface area contributed by atoms with E-state index in [1.54, 1.807) is 0 Å². The normalized spacial score (nSPS) is 23.4. The fourth-order valence-corrected chi connectivity index (χ4v) is 2.30. The first kappa shape index (κ1) is 11.9. The highest BCUT2D eigenvalue weighted by Crippen LogP contribution is 2.25. The second-order valence-electron chi connectivity index (χ2n) is 5.14. The summed E-state index contributed by atoms with van der Waals surface area (Å²) in [4.78, 5) is 16.0. The molecule has 1 N–H and O–H groups in total. The van der Waals surface area contributed by atoms with Crippen molar-refractivity contribution < 1.29 is 9.90 Å². The van der Waals surface area contributed by atoms with Crippen LogP contribution in [0.25, 0.3) is 0 Å². The summed E-state index contributed by atoms with van der Waals surface area (Å²) >= 11 is 0. The number of aliphatic hydroxyl groups excluding tert-OH is 1. The fourth-order valence-electron chi connectivity index (χ4n) is 2.30. The minimum absolute atomic E-state index is 0.255. The van der Waals surface area contributed by atoms with Crippen LogP contribution in [-0.4, -0.2) is 60.1 Å². The standard InChI is InChI=1S/C12H22N2O2/c1-13(11-2-3-11)12(16)8-14-6-4-10(9-15)5-7-14/h10-11,15H,2-9H2,1H3. The molecule has 0 aromatic heterocycles.